The number of methoxy groups -OCH3 is 1. The van der Waals surface area contributed by atoms with Crippen LogP contribution in [0.15, 0.2) is 29.1 Å². The Kier molecular flexibility index (Phi) is 4.47. The van der Waals surface area contributed by atoms with Crippen LogP contribution in [0.4, 0.5) is 5.69 Å². The van der Waals surface area contributed by atoms with Crippen molar-refractivity contribution in [1.29, 1.82) is 0 Å². The van der Waals surface area contributed by atoms with Gasteiger partial charge in [0.1, 0.15) is 5.75 Å². The summed E-state index contributed by atoms with van der Waals surface area (Å²) in [5.74, 6) is 0.842. The number of nitrogens with zero attached hydrogens (tertiary/aromatic N) is 2. The van der Waals surface area contributed by atoms with E-state index in [1.807, 2.05) is 18.6 Å². The van der Waals surface area contributed by atoms with Gasteiger partial charge in [-0.2, -0.15) is 0 Å². The number of imidazole rings is 1. The van der Waals surface area contributed by atoms with Gasteiger partial charge in [-0.05, 0) is 31.5 Å². The Morgan fingerprint density at radius 2 is 2.21 bits per heavy atom. The lowest BCUT2D eigenvalue weighted by atomic mass is 10.2. The molecule has 0 unspecified atom stereocenters. The lowest BCUT2D eigenvalue weighted by Gasteiger charge is -2.15. The second kappa shape index (κ2) is 6.10. The van der Waals surface area contributed by atoms with E-state index in [9.17, 15) is 0 Å². The van der Waals surface area contributed by atoms with Gasteiger partial charge in [0.15, 0.2) is 0 Å². The number of nitrogens with one attached hydrogen (secondary N) is 1. The van der Waals surface area contributed by atoms with E-state index in [4.69, 9.17) is 4.74 Å². The first-order chi connectivity index (χ1) is 9.15. The van der Waals surface area contributed by atoms with Crippen molar-refractivity contribution in [1.82, 2.24) is 9.55 Å². The molecule has 4 nitrogen and oxygen atoms in total. The van der Waals surface area contributed by atoms with Gasteiger partial charge < -0.3 is 14.6 Å². The van der Waals surface area contributed by atoms with E-state index in [1.54, 1.807) is 7.11 Å². The molecule has 5 heteroatoms. The van der Waals surface area contributed by atoms with Crippen LogP contribution >= 0.6 is 15.9 Å². The summed E-state index contributed by atoms with van der Waals surface area (Å²) in [5, 5.41) is 3.43. The zero-order valence-electron chi connectivity index (χ0n) is 11.4. The summed E-state index contributed by atoms with van der Waals surface area (Å²) in [7, 11) is 1.68. The van der Waals surface area contributed by atoms with Crippen LogP contribution in [0.5, 0.6) is 5.75 Å². The van der Waals surface area contributed by atoms with Gasteiger partial charge in [-0.3, -0.25) is 0 Å². The third-order valence-electron chi connectivity index (χ3n) is 3.07. The number of ether oxygens (including phenoxy) is 1. The predicted octanol–water partition coefficient (Wildman–Crippen LogP) is 3.59. The molecule has 2 aromatic rings. The molecule has 0 fully saturated rings. The van der Waals surface area contributed by atoms with E-state index in [-0.39, 0.29) is 0 Å². The lowest BCUT2D eigenvalue weighted by Crippen LogP contribution is -2.07. The minimum absolute atomic E-state index is 0.729. The predicted molar refractivity (Wildman–Crippen MR) is 80.7 cm³/mol. The first-order valence-electron chi connectivity index (χ1n) is 6.22. The fourth-order valence-electron chi connectivity index (χ4n) is 2.06. The Balaban J connectivity index is 2.20. The van der Waals surface area contributed by atoms with E-state index >= 15 is 0 Å². The van der Waals surface area contributed by atoms with Crippen LogP contribution in [0.25, 0.3) is 0 Å². The molecule has 0 atom stereocenters. The molecular weight excluding hydrogens is 306 g/mol. The van der Waals surface area contributed by atoms with E-state index in [0.717, 1.165) is 40.3 Å². The molecule has 0 amide bonds. The van der Waals surface area contributed by atoms with Crippen LogP contribution in [0.2, 0.25) is 0 Å². The highest BCUT2D eigenvalue weighted by atomic mass is 79.9. The van der Waals surface area contributed by atoms with Crippen molar-refractivity contribution in [2.45, 2.75) is 26.9 Å². The maximum absolute atomic E-state index is 5.42. The molecule has 1 aromatic carbocycles. The van der Waals surface area contributed by atoms with Crippen molar-refractivity contribution >= 4 is 21.6 Å². The van der Waals surface area contributed by atoms with Crippen molar-refractivity contribution in [2.24, 2.45) is 0 Å². The average molecular weight is 324 g/mol. The molecule has 19 heavy (non-hydrogen) atoms. The second-order valence-electron chi connectivity index (χ2n) is 4.32. The van der Waals surface area contributed by atoms with Gasteiger partial charge in [-0.1, -0.05) is 15.9 Å². The molecule has 0 radical (unpaired) electrons. The molecule has 0 spiro atoms. The van der Waals surface area contributed by atoms with Crippen LogP contribution in [-0.2, 0) is 13.1 Å². The lowest BCUT2D eigenvalue weighted by molar-refractivity contribution is 0.416. The van der Waals surface area contributed by atoms with Crippen LogP contribution in [-0.4, -0.2) is 16.7 Å². The first kappa shape index (κ1) is 13.9. The number of rotatable bonds is 5. The summed E-state index contributed by atoms with van der Waals surface area (Å²) in [5.41, 5.74) is 3.33. The minimum Gasteiger partial charge on any atom is -0.495 e. The molecule has 0 aliphatic carbocycles. The zero-order valence-corrected chi connectivity index (χ0v) is 13.0. The van der Waals surface area contributed by atoms with E-state index in [0.29, 0.717) is 0 Å². The maximum Gasteiger partial charge on any atom is 0.143 e. The number of hydrogen-bond donors (Lipinski definition) is 1. The average Bonchev–Trinajstić information content (AvgIpc) is 2.84. The highest BCUT2D eigenvalue weighted by Gasteiger charge is 2.09. The van der Waals surface area contributed by atoms with Gasteiger partial charge in [0.25, 0.3) is 0 Å². The number of benzene rings is 1. The molecule has 0 aliphatic rings. The van der Waals surface area contributed by atoms with Crippen molar-refractivity contribution in [3.05, 3.63) is 40.4 Å². The quantitative estimate of drug-likeness (QED) is 0.913. The number of halogens is 1. The minimum atomic E-state index is 0.729. The Hall–Kier alpha value is -1.49. The third-order valence-corrected chi connectivity index (χ3v) is 3.53. The third kappa shape index (κ3) is 3.10. The Bertz CT molecular complexity index is 566. The number of aryl methyl sites for hydroxylation is 2. The SMILES string of the molecule is CCn1cncc1CNc1c(C)cc(Br)cc1OC. The van der Waals surface area contributed by atoms with Crippen molar-refractivity contribution in [2.75, 3.05) is 12.4 Å². The molecule has 102 valence electrons. The van der Waals surface area contributed by atoms with Crippen LogP contribution in [0.3, 0.4) is 0 Å². The monoisotopic (exact) mass is 323 g/mol. The summed E-state index contributed by atoms with van der Waals surface area (Å²) in [6.07, 6.45) is 3.74. The zero-order chi connectivity index (χ0) is 13.8. The van der Waals surface area contributed by atoms with Gasteiger partial charge in [-0.25, -0.2) is 4.98 Å². The van der Waals surface area contributed by atoms with E-state index in [2.05, 4.69) is 50.7 Å². The molecule has 1 aromatic heterocycles. The molecule has 2 rings (SSSR count). The normalized spacial score (nSPS) is 10.5. The number of anilines is 1. The Labute approximate surface area is 121 Å². The van der Waals surface area contributed by atoms with Gasteiger partial charge in [0.05, 0.1) is 31.4 Å². The molecule has 0 saturated heterocycles. The van der Waals surface area contributed by atoms with Gasteiger partial charge >= 0.3 is 0 Å². The molecule has 1 N–H and O–H groups in total. The number of aromatic nitrogens is 2. The molecule has 0 saturated carbocycles. The standard InChI is InChI=1S/C14H18BrN3O/c1-4-18-9-16-7-12(18)8-17-14-10(2)5-11(15)6-13(14)19-3/h5-7,9,17H,4,8H2,1-3H3. The van der Waals surface area contributed by atoms with Crippen LogP contribution in [0.1, 0.15) is 18.2 Å². The summed E-state index contributed by atoms with van der Waals surface area (Å²) < 4.78 is 8.56. The van der Waals surface area contributed by atoms with Gasteiger partial charge in [0.2, 0.25) is 0 Å². The Morgan fingerprint density at radius 3 is 2.89 bits per heavy atom. The Morgan fingerprint density at radius 1 is 1.42 bits per heavy atom. The molecule has 0 bridgehead atoms. The van der Waals surface area contributed by atoms with E-state index < -0.39 is 0 Å². The van der Waals surface area contributed by atoms with Crippen LogP contribution in [0, 0.1) is 6.92 Å². The van der Waals surface area contributed by atoms with Crippen molar-refractivity contribution in [3.63, 3.8) is 0 Å². The number of hydrogen-bond acceptors (Lipinski definition) is 3. The van der Waals surface area contributed by atoms with Gasteiger partial charge in [0, 0.05) is 17.2 Å². The maximum atomic E-state index is 5.42. The van der Waals surface area contributed by atoms with Crippen molar-refractivity contribution in [3.8, 4) is 5.75 Å². The van der Waals surface area contributed by atoms with Gasteiger partial charge in [-0.15, -0.1) is 0 Å². The summed E-state index contributed by atoms with van der Waals surface area (Å²) in [6.45, 7) is 5.82. The van der Waals surface area contributed by atoms with Crippen LogP contribution < -0.4 is 10.1 Å². The summed E-state index contributed by atoms with van der Waals surface area (Å²) >= 11 is 3.48. The molecule has 0 aliphatic heterocycles. The molecule has 1 heterocycles. The highest BCUT2D eigenvalue weighted by Crippen LogP contribution is 2.32. The summed E-state index contributed by atoms with van der Waals surface area (Å²) in [4.78, 5) is 4.17. The largest absolute Gasteiger partial charge is 0.495 e. The van der Waals surface area contributed by atoms with Crippen molar-refractivity contribution < 1.29 is 4.74 Å². The topological polar surface area (TPSA) is 39.1 Å². The fraction of sp³-hybridized carbons (Fsp3) is 0.357. The van der Waals surface area contributed by atoms with E-state index in [1.165, 1.54) is 0 Å². The smallest absolute Gasteiger partial charge is 0.143 e. The first-order valence-corrected chi connectivity index (χ1v) is 7.02. The second-order valence-corrected chi connectivity index (χ2v) is 5.24. The highest BCUT2D eigenvalue weighted by molar-refractivity contribution is 9.10. The fourth-order valence-corrected chi connectivity index (χ4v) is 2.61. The summed E-state index contributed by atoms with van der Waals surface area (Å²) in [6, 6.07) is 4.04. The molecular formula is C14H18BrN3O.